The number of rotatable bonds is 9. The molecule has 0 saturated heterocycles. The van der Waals surface area contributed by atoms with Gasteiger partial charge >= 0.3 is 0 Å². The molecule has 0 fully saturated rings. The lowest BCUT2D eigenvalue weighted by molar-refractivity contribution is 0.116. The zero-order valence-electron chi connectivity index (χ0n) is 13.2. The molecule has 2 heteroatoms. The number of unbranched alkanes of at least 4 members (excludes halogenated alkanes) is 4. The SMILES string of the molecule is CCCCCCCOCc1ccc([Si](C)(C)C)cc1. The van der Waals surface area contributed by atoms with E-state index < -0.39 is 8.07 Å². The van der Waals surface area contributed by atoms with Crippen LogP contribution in [0.15, 0.2) is 24.3 Å². The highest BCUT2D eigenvalue weighted by atomic mass is 28.3. The van der Waals surface area contributed by atoms with E-state index in [1.54, 1.807) is 0 Å². The number of ether oxygens (including phenoxy) is 1. The fraction of sp³-hybridized carbons (Fsp3) is 0.647. The Labute approximate surface area is 120 Å². The first-order valence-corrected chi connectivity index (χ1v) is 11.2. The van der Waals surface area contributed by atoms with E-state index in [9.17, 15) is 0 Å². The Morgan fingerprint density at radius 1 is 0.895 bits per heavy atom. The van der Waals surface area contributed by atoms with Gasteiger partial charge in [0.2, 0.25) is 0 Å². The quantitative estimate of drug-likeness (QED) is 0.469. The third kappa shape index (κ3) is 6.93. The van der Waals surface area contributed by atoms with E-state index in [2.05, 4.69) is 50.8 Å². The summed E-state index contributed by atoms with van der Waals surface area (Å²) in [7, 11) is -1.15. The molecule has 1 nitrogen and oxygen atoms in total. The van der Waals surface area contributed by atoms with Crippen LogP contribution in [-0.2, 0) is 11.3 Å². The van der Waals surface area contributed by atoms with Gasteiger partial charge in [-0.25, -0.2) is 0 Å². The minimum atomic E-state index is -1.15. The first kappa shape index (κ1) is 16.5. The number of hydrogen-bond donors (Lipinski definition) is 0. The van der Waals surface area contributed by atoms with Crippen LogP contribution in [0.1, 0.15) is 44.6 Å². The van der Waals surface area contributed by atoms with Crippen molar-refractivity contribution in [3.63, 3.8) is 0 Å². The second-order valence-corrected chi connectivity index (χ2v) is 11.5. The molecular weight excluding hydrogens is 248 g/mol. The molecule has 0 spiro atoms. The molecular formula is C17H30OSi. The molecule has 0 unspecified atom stereocenters. The van der Waals surface area contributed by atoms with Crippen LogP contribution in [0.2, 0.25) is 19.6 Å². The van der Waals surface area contributed by atoms with Crippen molar-refractivity contribution in [2.75, 3.05) is 6.61 Å². The molecule has 0 heterocycles. The smallest absolute Gasteiger partial charge is 0.0775 e. The lowest BCUT2D eigenvalue weighted by atomic mass is 10.2. The summed E-state index contributed by atoms with van der Waals surface area (Å²) >= 11 is 0. The highest BCUT2D eigenvalue weighted by Gasteiger charge is 2.15. The minimum Gasteiger partial charge on any atom is -0.377 e. The van der Waals surface area contributed by atoms with Crippen LogP contribution in [0.25, 0.3) is 0 Å². The standard InChI is InChI=1S/C17H30OSi/c1-5-6-7-8-9-14-18-15-16-10-12-17(13-11-16)19(2,3)4/h10-13H,5-9,14-15H2,1-4H3. The fourth-order valence-electron chi connectivity index (χ4n) is 2.10. The summed E-state index contributed by atoms with van der Waals surface area (Å²) in [5, 5.41) is 1.52. The molecule has 0 amide bonds. The van der Waals surface area contributed by atoms with Crippen LogP contribution in [0.3, 0.4) is 0 Å². The minimum absolute atomic E-state index is 0.764. The van der Waals surface area contributed by atoms with E-state index in [0.717, 1.165) is 13.2 Å². The second kappa shape index (κ2) is 8.54. The van der Waals surface area contributed by atoms with Crippen LogP contribution in [0.4, 0.5) is 0 Å². The summed E-state index contributed by atoms with van der Waals surface area (Å²) in [6.45, 7) is 11.1. The summed E-state index contributed by atoms with van der Waals surface area (Å²) < 4.78 is 5.74. The van der Waals surface area contributed by atoms with Gasteiger partial charge in [0, 0.05) is 6.61 Å². The van der Waals surface area contributed by atoms with E-state index in [4.69, 9.17) is 4.74 Å². The summed E-state index contributed by atoms with van der Waals surface area (Å²) in [4.78, 5) is 0. The third-order valence-electron chi connectivity index (χ3n) is 3.48. The van der Waals surface area contributed by atoms with Crippen LogP contribution >= 0.6 is 0 Å². The zero-order valence-corrected chi connectivity index (χ0v) is 14.2. The van der Waals surface area contributed by atoms with Crippen LogP contribution in [0.5, 0.6) is 0 Å². The van der Waals surface area contributed by atoms with Crippen LogP contribution in [0, 0.1) is 0 Å². The van der Waals surface area contributed by atoms with Gasteiger partial charge < -0.3 is 4.74 Å². The lowest BCUT2D eigenvalue weighted by Crippen LogP contribution is -2.37. The summed E-state index contributed by atoms with van der Waals surface area (Å²) in [5.74, 6) is 0. The Morgan fingerprint density at radius 2 is 1.53 bits per heavy atom. The maximum Gasteiger partial charge on any atom is 0.0775 e. The summed E-state index contributed by atoms with van der Waals surface area (Å²) in [5.41, 5.74) is 1.30. The van der Waals surface area contributed by atoms with E-state index >= 15 is 0 Å². The van der Waals surface area contributed by atoms with E-state index in [1.165, 1.54) is 42.9 Å². The van der Waals surface area contributed by atoms with Crippen molar-refractivity contribution in [2.24, 2.45) is 0 Å². The molecule has 0 bridgehead atoms. The van der Waals surface area contributed by atoms with E-state index in [0.29, 0.717) is 0 Å². The highest BCUT2D eigenvalue weighted by molar-refractivity contribution is 6.88. The van der Waals surface area contributed by atoms with Crippen molar-refractivity contribution in [2.45, 2.75) is 65.3 Å². The maximum atomic E-state index is 5.74. The molecule has 1 aromatic carbocycles. The molecule has 1 rings (SSSR count). The zero-order chi connectivity index (χ0) is 14.1. The Balaban J connectivity index is 2.20. The molecule has 0 atom stereocenters. The third-order valence-corrected chi connectivity index (χ3v) is 5.55. The van der Waals surface area contributed by atoms with E-state index in [1.807, 2.05) is 0 Å². The Hall–Kier alpha value is -0.603. The molecule has 0 aliphatic rings. The van der Waals surface area contributed by atoms with Gasteiger partial charge in [0.05, 0.1) is 14.7 Å². The van der Waals surface area contributed by atoms with Crippen molar-refractivity contribution in [1.82, 2.24) is 0 Å². The molecule has 0 aliphatic carbocycles. The van der Waals surface area contributed by atoms with E-state index in [-0.39, 0.29) is 0 Å². The molecule has 0 aromatic heterocycles. The van der Waals surface area contributed by atoms with Crippen LogP contribution in [-0.4, -0.2) is 14.7 Å². The average molecular weight is 279 g/mol. The Bertz CT molecular complexity index is 337. The van der Waals surface area contributed by atoms with Gasteiger partial charge in [-0.15, -0.1) is 0 Å². The predicted octanol–water partition coefficient (Wildman–Crippen LogP) is 4.72. The first-order chi connectivity index (χ1) is 9.04. The normalized spacial score (nSPS) is 11.8. The molecule has 19 heavy (non-hydrogen) atoms. The largest absolute Gasteiger partial charge is 0.377 e. The first-order valence-electron chi connectivity index (χ1n) is 7.71. The average Bonchev–Trinajstić information content (AvgIpc) is 2.37. The molecule has 0 saturated carbocycles. The maximum absolute atomic E-state index is 5.74. The van der Waals surface area contributed by atoms with Gasteiger partial charge in [-0.1, -0.05) is 81.7 Å². The van der Waals surface area contributed by atoms with Gasteiger partial charge in [-0.3, -0.25) is 0 Å². The predicted molar refractivity (Wildman–Crippen MR) is 87.8 cm³/mol. The molecule has 0 aliphatic heterocycles. The number of benzene rings is 1. The molecule has 0 radical (unpaired) electrons. The highest BCUT2D eigenvalue weighted by Crippen LogP contribution is 2.07. The van der Waals surface area contributed by atoms with Crippen molar-refractivity contribution in [3.05, 3.63) is 29.8 Å². The molecule has 1 aromatic rings. The van der Waals surface area contributed by atoms with Gasteiger partial charge in [-0.05, 0) is 12.0 Å². The van der Waals surface area contributed by atoms with Gasteiger partial charge in [0.1, 0.15) is 0 Å². The van der Waals surface area contributed by atoms with Gasteiger partial charge in [0.25, 0.3) is 0 Å². The van der Waals surface area contributed by atoms with Crippen molar-refractivity contribution >= 4 is 13.3 Å². The topological polar surface area (TPSA) is 9.23 Å². The fourth-order valence-corrected chi connectivity index (χ4v) is 3.27. The molecule has 108 valence electrons. The Kier molecular flexibility index (Phi) is 7.40. The second-order valence-electron chi connectivity index (χ2n) is 6.41. The Morgan fingerprint density at radius 3 is 2.11 bits per heavy atom. The monoisotopic (exact) mass is 278 g/mol. The lowest BCUT2D eigenvalue weighted by Gasteiger charge is -2.16. The van der Waals surface area contributed by atoms with Crippen molar-refractivity contribution in [1.29, 1.82) is 0 Å². The van der Waals surface area contributed by atoms with Gasteiger partial charge in [0.15, 0.2) is 0 Å². The number of hydrogen-bond acceptors (Lipinski definition) is 1. The van der Waals surface area contributed by atoms with Gasteiger partial charge in [-0.2, -0.15) is 0 Å². The summed E-state index contributed by atoms with van der Waals surface area (Å²) in [6.07, 6.45) is 6.53. The summed E-state index contributed by atoms with van der Waals surface area (Å²) in [6, 6.07) is 9.02. The van der Waals surface area contributed by atoms with Crippen LogP contribution < -0.4 is 5.19 Å². The van der Waals surface area contributed by atoms with Crippen molar-refractivity contribution < 1.29 is 4.74 Å². The van der Waals surface area contributed by atoms with Crippen molar-refractivity contribution in [3.8, 4) is 0 Å². The molecule has 0 N–H and O–H groups in total.